The molecule has 0 radical (unpaired) electrons. The fourth-order valence-electron chi connectivity index (χ4n) is 1.85. The fourth-order valence-corrected chi connectivity index (χ4v) is 1.85. The van der Waals surface area contributed by atoms with Crippen molar-refractivity contribution in [3.05, 3.63) is 30.1 Å². The number of carbonyl (C=O) groups is 1. The maximum atomic E-state index is 12.0. The van der Waals surface area contributed by atoms with Gasteiger partial charge in [0.15, 0.2) is 0 Å². The number of hydrogen-bond donors (Lipinski definition) is 1. The van der Waals surface area contributed by atoms with E-state index < -0.39 is 0 Å². The van der Waals surface area contributed by atoms with Crippen molar-refractivity contribution in [2.24, 2.45) is 5.73 Å². The average molecular weight is 205 g/mol. The van der Waals surface area contributed by atoms with Crippen LogP contribution >= 0.6 is 0 Å². The highest BCUT2D eigenvalue weighted by molar-refractivity contribution is 5.92. The molecule has 1 amide bonds. The Morgan fingerprint density at radius 3 is 3.07 bits per heavy atom. The van der Waals surface area contributed by atoms with Crippen LogP contribution in [-0.4, -0.2) is 34.9 Å². The lowest BCUT2D eigenvalue weighted by Gasteiger charge is -2.30. The van der Waals surface area contributed by atoms with E-state index in [0.717, 1.165) is 19.4 Å². The molecule has 15 heavy (non-hydrogen) atoms. The molecule has 1 fully saturated rings. The molecular formula is C11H15N3O. The summed E-state index contributed by atoms with van der Waals surface area (Å²) in [4.78, 5) is 17.8. The topological polar surface area (TPSA) is 59.2 Å². The van der Waals surface area contributed by atoms with Crippen molar-refractivity contribution in [1.82, 2.24) is 9.88 Å². The van der Waals surface area contributed by atoms with Crippen LogP contribution in [0, 0.1) is 0 Å². The highest BCUT2D eigenvalue weighted by Crippen LogP contribution is 2.11. The molecule has 4 nitrogen and oxygen atoms in total. The Morgan fingerprint density at radius 1 is 1.53 bits per heavy atom. The zero-order valence-corrected chi connectivity index (χ0v) is 8.60. The number of nitrogens with zero attached hydrogens (tertiary/aromatic N) is 2. The Balaban J connectivity index is 2.08. The summed E-state index contributed by atoms with van der Waals surface area (Å²) in [6.07, 6.45) is 3.63. The van der Waals surface area contributed by atoms with E-state index in [0.29, 0.717) is 12.2 Å². The highest BCUT2D eigenvalue weighted by atomic mass is 16.2. The van der Waals surface area contributed by atoms with Crippen LogP contribution in [0.4, 0.5) is 0 Å². The summed E-state index contributed by atoms with van der Waals surface area (Å²) in [5.41, 5.74) is 6.33. The Bertz CT molecular complexity index is 339. The van der Waals surface area contributed by atoms with Gasteiger partial charge in [-0.05, 0) is 25.0 Å². The predicted molar refractivity (Wildman–Crippen MR) is 57.3 cm³/mol. The van der Waals surface area contributed by atoms with Crippen LogP contribution in [0.3, 0.4) is 0 Å². The second kappa shape index (κ2) is 4.40. The van der Waals surface area contributed by atoms with E-state index in [-0.39, 0.29) is 11.9 Å². The van der Waals surface area contributed by atoms with Crippen LogP contribution in [0.15, 0.2) is 24.4 Å². The van der Waals surface area contributed by atoms with E-state index in [4.69, 9.17) is 5.73 Å². The van der Waals surface area contributed by atoms with Gasteiger partial charge < -0.3 is 10.6 Å². The lowest BCUT2D eigenvalue weighted by Crippen LogP contribution is -2.45. The van der Waals surface area contributed by atoms with Gasteiger partial charge in [-0.2, -0.15) is 0 Å². The Labute approximate surface area is 89.1 Å². The maximum Gasteiger partial charge on any atom is 0.272 e. The molecule has 0 aliphatic carbocycles. The van der Waals surface area contributed by atoms with Crippen molar-refractivity contribution >= 4 is 5.91 Å². The third-order valence-corrected chi connectivity index (χ3v) is 2.63. The third kappa shape index (κ3) is 2.33. The number of nitrogens with two attached hydrogens (primary N) is 1. The highest BCUT2D eigenvalue weighted by Gasteiger charge is 2.22. The molecule has 0 bridgehead atoms. The molecule has 0 saturated carbocycles. The smallest absolute Gasteiger partial charge is 0.272 e. The van der Waals surface area contributed by atoms with Gasteiger partial charge in [0.2, 0.25) is 0 Å². The molecule has 4 heteroatoms. The quantitative estimate of drug-likeness (QED) is 0.732. The summed E-state index contributed by atoms with van der Waals surface area (Å²) in [7, 11) is 0. The summed E-state index contributed by atoms with van der Waals surface area (Å²) in [5, 5.41) is 0. The van der Waals surface area contributed by atoms with Crippen LogP contribution in [0.1, 0.15) is 23.3 Å². The van der Waals surface area contributed by atoms with Crippen molar-refractivity contribution in [2.75, 3.05) is 13.1 Å². The number of aromatic nitrogens is 1. The predicted octanol–water partition coefficient (Wildman–Crippen LogP) is 0.645. The summed E-state index contributed by atoms with van der Waals surface area (Å²) in [6.45, 7) is 1.44. The summed E-state index contributed by atoms with van der Waals surface area (Å²) in [5.74, 6) is -0.00856. The van der Waals surface area contributed by atoms with Gasteiger partial charge in [-0.1, -0.05) is 6.07 Å². The van der Waals surface area contributed by atoms with Crippen molar-refractivity contribution in [3.8, 4) is 0 Å². The van der Waals surface area contributed by atoms with Crippen molar-refractivity contribution < 1.29 is 4.79 Å². The molecule has 1 atom stereocenters. The molecule has 0 aromatic carbocycles. The maximum absolute atomic E-state index is 12.0. The van der Waals surface area contributed by atoms with E-state index in [2.05, 4.69) is 4.98 Å². The number of rotatable bonds is 1. The zero-order valence-electron chi connectivity index (χ0n) is 8.60. The summed E-state index contributed by atoms with van der Waals surface area (Å²) < 4.78 is 0. The largest absolute Gasteiger partial charge is 0.336 e. The molecule has 1 saturated heterocycles. The van der Waals surface area contributed by atoms with Crippen molar-refractivity contribution in [3.63, 3.8) is 0 Å². The van der Waals surface area contributed by atoms with Crippen LogP contribution in [0.5, 0.6) is 0 Å². The number of amides is 1. The third-order valence-electron chi connectivity index (χ3n) is 2.63. The standard InChI is InChI=1S/C11H15N3O/c12-9-4-3-7-14(8-9)11(15)10-5-1-2-6-13-10/h1-2,5-6,9H,3-4,7-8,12H2. The van der Waals surface area contributed by atoms with E-state index >= 15 is 0 Å². The molecule has 2 heterocycles. The van der Waals surface area contributed by atoms with Crippen LogP contribution < -0.4 is 5.73 Å². The SMILES string of the molecule is NC1CCCN(C(=O)c2ccccn2)C1. The molecule has 1 unspecified atom stereocenters. The van der Waals surface area contributed by atoms with Gasteiger partial charge in [0.25, 0.3) is 5.91 Å². The molecule has 1 aromatic heterocycles. The number of hydrogen-bond acceptors (Lipinski definition) is 3. The van der Waals surface area contributed by atoms with Crippen LogP contribution in [-0.2, 0) is 0 Å². The second-order valence-corrected chi connectivity index (χ2v) is 3.87. The van der Waals surface area contributed by atoms with Gasteiger partial charge in [0, 0.05) is 25.3 Å². The second-order valence-electron chi connectivity index (χ2n) is 3.87. The lowest BCUT2D eigenvalue weighted by molar-refractivity contribution is 0.0703. The minimum atomic E-state index is -0.00856. The molecular weight excluding hydrogens is 190 g/mol. The van der Waals surface area contributed by atoms with Gasteiger partial charge >= 0.3 is 0 Å². The molecule has 80 valence electrons. The lowest BCUT2D eigenvalue weighted by atomic mass is 10.1. The molecule has 1 aliphatic heterocycles. The average Bonchev–Trinajstić information content (AvgIpc) is 2.29. The van der Waals surface area contributed by atoms with Gasteiger partial charge in [-0.15, -0.1) is 0 Å². The molecule has 2 N–H and O–H groups in total. The first-order valence-corrected chi connectivity index (χ1v) is 5.23. The fraction of sp³-hybridized carbons (Fsp3) is 0.455. The van der Waals surface area contributed by atoms with Crippen molar-refractivity contribution in [2.45, 2.75) is 18.9 Å². The van der Waals surface area contributed by atoms with E-state index in [1.807, 2.05) is 6.07 Å². The van der Waals surface area contributed by atoms with Gasteiger partial charge in [-0.3, -0.25) is 9.78 Å². The minimum Gasteiger partial charge on any atom is -0.336 e. The van der Waals surface area contributed by atoms with E-state index in [1.165, 1.54) is 0 Å². The molecule has 1 aromatic rings. The Hall–Kier alpha value is -1.42. The number of carbonyl (C=O) groups excluding carboxylic acids is 1. The number of likely N-dealkylation sites (tertiary alicyclic amines) is 1. The Kier molecular flexibility index (Phi) is 2.97. The van der Waals surface area contributed by atoms with E-state index in [9.17, 15) is 4.79 Å². The van der Waals surface area contributed by atoms with E-state index in [1.54, 1.807) is 23.2 Å². The van der Waals surface area contributed by atoms with Crippen molar-refractivity contribution in [1.29, 1.82) is 0 Å². The zero-order chi connectivity index (χ0) is 10.7. The normalized spacial score (nSPS) is 21.4. The monoisotopic (exact) mass is 205 g/mol. The molecule has 1 aliphatic rings. The van der Waals surface area contributed by atoms with Gasteiger partial charge in [-0.25, -0.2) is 0 Å². The first-order chi connectivity index (χ1) is 7.27. The molecule has 0 spiro atoms. The summed E-state index contributed by atoms with van der Waals surface area (Å²) >= 11 is 0. The van der Waals surface area contributed by atoms with Crippen LogP contribution in [0.2, 0.25) is 0 Å². The van der Waals surface area contributed by atoms with Gasteiger partial charge in [0.05, 0.1) is 0 Å². The first-order valence-electron chi connectivity index (χ1n) is 5.23. The van der Waals surface area contributed by atoms with Gasteiger partial charge in [0.1, 0.15) is 5.69 Å². The minimum absolute atomic E-state index is 0.00856. The Morgan fingerprint density at radius 2 is 2.40 bits per heavy atom. The molecule has 2 rings (SSSR count). The number of pyridine rings is 1. The summed E-state index contributed by atoms with van der Waals surface area (Å²) in [6, 6.07) is 5.48. The first kappa shape index (κ1) is 10.1. The van der Waals surface area contributed by atoms with Crippen LogP contribution in [0.25, 0.3) is 0 Å². The number of piperidine rings is 1.